The minimum atomic E-state index is 0.138. The average Bonchev–Trinajstić information content (AvgIpc) is 2.56. The average molecular weight is 410 g/mol. The van der Waals surface area contributed by atoms with Crippen molar-refractivity contribution in [3.05, 3.63) is 94.6 Å². The molecule has 1 nitrogen and oxygen atoms in total. The van der Waals surface area contributed by atoms with Crippen molar-refractivity contribution in [2.24, 2.45) is 0 Å². The summed E-state index contributed by atoms with van der Waals surface area (Å²) in [5.41, 5.74) is 6.40. The maximum absolute atomic E-state index is 3.72. The van der Waals surface area contributed by atoms with Crippen LogP contribution in [0.3, 0.4) is 0 Å². The summed E-state index contributed by atoms with van der Waals surface area (Å²) in [7, 11) is 0. The minimum absolute atomic E-state index is 0.138. The van der Waals surface area contributed by atoms with Gasteiger partial charge in [0.1, 0.15) is 0 Å². The van der Waals surface area contributed by atoms with E-state index < -0.39 is 0 Å². The monoisotopic (exact) mass is 409 g/mol. The van der Waals surface area contributed by atoms with Crippen molar-refractivity contribution < 1.29 is 0 Å². The maximum atomic E-state index is 3.72. The zero-order valence-electron chi connectivity index (χ0n) is 16.4. The Balaban J connectivity index is 2.58. The van der Waals surface area contributed by atoms with Gasteiger partial charge in [-0.25, -0.2) is 0 Å². The van der Waals surface area contributed by atoms with Gasteiger partial charge in [0.25, 0.3) is 0 Å². The number of rotatable bonds is 5. The largest absolute Gasteiger partial charge is 0.317 e. The second kappa shape index (κ2) is 8.55. The quantitative estimate of drug-likeness (QED) is 0.455. The van der Waals surface area contributed by atoms with E-state index in [0.29, 0.717) is 0 Å². The van der Waals surface area contributed by atoms with E-state index in [1.165, 1.54) is 22.4 Å². The van der Waals surface area contributed by atoms with Crippen LogP contribution in [0.5, 0.6) is 0 Å². The Labute approximate surface area is 166 Å². The summed E-state index contributed by atoms with van der Waals surface area (Å²) in [6.07, 6.45) is 9.85. The normalized spacial score (nSPS) is 12.1. The first-order chi connectivity index (χ1) is 12.2. The van der Waals surface area contributed by atoms with Crippen molar-refractivity contribution in [2.45, 2.75) is 40.0 Å². The highest BCUT2D eigenvalue weighted by atomic mass is 79.9. The molecule has 0 bridgehead atoms. The van der Waals surface area contributed by atoms with Crippen LogP contribution in [-0.2, 0) is 5.41 Å². The molecule has 0 N–H and O–H groups in total. The number of aryl methyl sites for hydroxylation is 2. The Morgan fingerprint density at radius 3 is 2.00 bits per heavy atom. The van der Waals surface area contributed by atoms with Crippen LogP contribution >= 0.6 is 15.9 Å². The van der Waals surface area contributed by atoms with Crippen LogP contribution in [0, 0.1) is 13.8 Å². The fourth-order valence-electron chi connectivity index (χ4n) is 2.94. The first kappa shape index (κ1) is 20.3. The molecule has 2 aromatic carbocycles. The van der Waals surface area contributed by atoms with E-state index in [2.05, 4.69) is 105 Å². The summed E-state index contributed by atoms with van der Waals surface area (Å²) in [5, 5.41) is 0. The van der Waals surface area contributed by atoms with Gasteiger partial charge < -0.3 is 4.90 Å². The standard InChI is InChI=1S/C24H28BrN/c1-7-8-9-10-15-26(22-13-11-21(25)12-14-22)23-18(2)16-20(17-19(23)3)24(4,5)6/h7-17H,1H2,2-6H3/b9-8-,15-10+. The lowest BCUT2D eigenvalue weighted by Crippen LogP contribution is -2.15. The summed E-state index contributed by atoms with van der Waals surface area (Å²) < 4.78 is 1.08. The highest BCUT2D eigenvalue weighted by Gasteiger charge is 2.19. The molecule has 0 fully saturated rings. The molecule has 2 aromatic rings. The van der Waals surface area contributed by atoms with Crippen LogP contribution in [0.2, 0.25) is 0 Å². The zero-order chi connectivity index (χ0) is 19.3. The van der Waals surface area contributed by atoms with E-state index >= 15 is 0 Å². The minimum Gasteiger partial charge on any atom is -0.317 e. The number of anilines is 2. The van der Waals surface area contributed by atoms with Gasteiger partial charge in [-0.3, -0.25) is 0 Å². The number of hydrogen-bond acceptors (Lipinski definition) is 1. The van der Waals surface area contributed by atoms with E-state index in [4.69, 9.17) is 0 Å². The van der Waals surface area contributed by atoms with E-state index in [0.717, 1.165) is 10.2 Å². The lowest BCUT2D eigenvalue weighted by molar-refractivity contribution is 0.589. The third-order valence-electron chi connectivity index (χ3n) is 4.30. The number of halogens is 1. The molecular formula is C24H28BrN. The molecule has 0 spiro atoms. The predicted octanol–water partition coefficient (Wildman–Crippen LogP) is 7.76. The molecule has 2 rings (SSSR count). The van der Waals surface area contributed by atoms with Crippen LogP contribution < -0.4 is 4.90 Å². The highest BCUT2D eigenvalue weighted by Crippen LogP contribution is 2.36. The van der Waals surface area contributed by atoms with Gasteiger partial charge in [-0.05, 0) is 66.3 Å². The number of benzene rings is 2. The van der Waals surface area contributed by atoms with Crippen molar-refractivity contribution in [1.29, 1.82) is 0 Å². The molecule has 2 heteroatoms. The van der Waals surface area contributed by atoms with E-state index in [1.54, 1.807) is 6.08 Å². The van der Waals surface area contributed by atoms with Gasteiger partial charge in [-0.1, -0.05) is 73.6 Å². The lowest BCUT2D eigenvalue weighted by atomic mass is 9.84. The lowest BCUT2D eigenvalue weighted by Gasteiger charge is -2.28. The van der Waals surface area contributed by atoms with Crippen molar-refractivity contribution in [3.63, 3.8) is 0 Å². The van der Waals surface area contributed by atoms with Crippen molar-refractivity contribution in [3.8, 4) is 0 Å². The Morgan fingerprint density at radius 2 is 1.50 bits per heavy atom. The summed E-state index contributed by atoms with van der Waals surface area (Å²) in [6.45, 7) is 14.9. The molecule has 0 aliphatic heterocycles. The molecule has 0 heterocycles. The van der Waals surface area contributed by atoms with Gasteiger partial charge in [0.2, 0.25) is 0 Å². The van der Waals surface area contributed by atoms with Crippen molar-refractivity contribution in [1.82, 2.24) is 0 Å². The molecule has 0 radical (unpaired) electrons. The molecule has 0 aromatic heterocycles. The Bertz CT molecular complexity index is 797. The topological polar surface area (TPSA) is 3.24 Å². The SMILES string of the molecule is C=C/C=C\C=C\N(c1ccc(Br)cc1)c1c(C)cc(C(C)(C)C)cc1C. The second-order valence-electron chi connectivity index (χ2n) is 7.52. The van der Waals surface area contributed by atoms with E-state index in [9.17, 15) is 0 Å². The Morgan fingerprint density at radius 1 is 0.923 bits per heavy atom. The molecule has 0 atom stereocenters. The van der Waals surface area contributed by atoms with Crippen LogP contribution in [-0.4, -0.2) is 0 Å². The summed E-state index contributed by atoms with van der Waals surface area (Å²) in [5.74, 6) is 0. The highest BCUT2D eigenvalue weighted by molar-refractivity contribution is 9.10. The molecular weight excluding hydrogens is 382 g/mol. The number of nitrogens with zero attached hydrogens (tertiary/aromatic N) is 1. The number of hydrogen-bond donors (Lipinski definition) is 0. The Hall–Kier alpha value is -2.06. The smallest absolute Gasteiger partial charge is 0.0514 e. The van der Waals surface area contributed by atoms with E-state index in [-0.39, 0.29) is 5.41 Å². The fraction of sp³-hybridized carbons (Fsp3) is 0.250. The fourth-order valence-corrected chi connectivity index (χ4v) is 3.20. The number of allylic oxidation sites excluding steroid dienone is 4. The van der Waals surface area contributed by atoms with Gasteiger partial charge in [0.05, 0.1) is 5.69 Å². The predicted molar refractivity (Wildman–Crippen MR) is 119 cm³/mol. The van der Waals surface area contributed by atoms with Crippen LogP contribution in [0.25, 0.3) is 0 Å². The molecule has 0 saturated carbocycles. The van der Waals surface area contributed by atoms with Gasteiger partial charge in [0, 0.05) is 16.4 Å². The first-order valence-corrected chi connectivity index (χ1v) is 9.66. The molecule has 0 unspecified atom stereocenters. The molecule has 0 saturated heterocycles. The van der Waals surface area contributed by atoms with Gasteiger partial charge >= 0.3 is 0 Å². The van der Waals surface area contributed by atoms with E-state index in [1.807, 2.05) is 18.2 Å². The molecule has 0 amide bonds. The summed E-state index contributed by atoms with van der Waals surface area (Å²) in [4.78, 5) is 2.25. The third kappa shape index (κ3) is 4.98. The maximum Gasteiger partial charge on any atom is 0.0514 e. The summed E-state index contributed by atoms with van der Waals surface area (Å²) in [6, 6.07) is 13.0. The molecule has 0 aliphatic carbocycles. The Kier molecular flexibility index (Phi) is 6.66. The van der Waals surface area contributed by atoms with Crippen molar-refractivity contribution in [2.75, 3.05) is 4.90 Å². The van der Waals surface area contributed by atoms with Gasteiger partial charge in [0.15, 0.2) is 0 Å². The van der Waals surface area contributed by atoms with Gasteiger partial charge in [-0.2, -0.15) is 0 Å². The first-order valence-electron chi connectivity index (χ1n) is 8.86. The molecule has 26 heavy (non-hydrogen) atoms. The third-order valence-corrected chi connectivity index (χ3v) is 4.82. The molecule has 136 valence electrons. The zero-order valence-corrected chi connectivity index (χ0v) is 18.0. The van der Waals surface area contributed by atoms with Crippen LogP contribution in [0.4, 0.5) is 11.4 Å². The summed E-state index contributed by atoms with van der Waals surface area (Å²) >= 11 is 3.53. The van der Waals surface area contributed by atoms with Crippen molar-refractivity contribution >= 4 is 27.3 Å². The molecule has 0 aliphatic rings. The van der Waals surface area contributed by atoms with Crippen LogP contribution in [0.15, 0.2) is 78.0 Å². The second-order valence-corrected chi connectivity index (χ2v) is 8.43. The van der Waals surface area contributed by atoms with Crippen LogP contribution in [0.1, 0.15) is 37.5 Å². The van der Waals surface area contributed by atoms with Gasteiger partial charge in [-0.15, -0.1) is 0 Å².